The summed E-state index contributed by atoms with van der Waals surface area (Å²) < 4.78 is 30.7. The monoisotopic (exact) mass is 733 g/mol. The molecule has 0 N–H and O–H groups in total. The van der Waals surface area contributed by atoms with Crippen LogP contribution in [-0.2, 0) is 11.8 Å². The molecule has 0 fully saturated rings. The Morgan fingerprint density at radius 1 is 0.625 bits per heavy atom. The maximum absolute atomic E-state index is 8.97. The van der Waals surface area contributed by atoms with E-state index in [0.29, 0.717) is 28.7 Å². The van der Waals surface area contributed by atoms with E-state index in [-0.39, 0.29) is 5.41 Å². The lowest BCUT2D eigenvalue weighted by molar-refractivity contribution is -0.572. The highest BCUT2D eigenvalue weighted by molar-refractivity contribution is 6.09. The topological polar surface area (TPSA) is 48.8 Å². The number of imidazole rings is 1. The zero-order valence-electron chi connectivity index (χ0n) is 34.6. The molecule has 0 saturated heterocycles. The van der Waals surface area contributed by atoms with Gasteiger partial charge in [0, 0.05) is 38.0 Å². The van der Waals surface area contributed by atoms with Crippen molar-refractivity contribution in [2.45, 2.75) is 53.3 Å². The molecule has 0 unspecified atom stereocenters. The predicted molar refractivity (Wildman–Crippen MR) is 227 cm³/mol. The fraction of sp³-hybridized carbons (Fsp3) is 0.180. The van der Waals surface area contributed by atoms with E-state index < -0.39 is 11.8 Å². The first-order chi connectivity index (χ1) is 27.8. The van der Waals surface area contributed by atoms with Gasteiger partial charge in [0.15, 0.2) is 5.82 Å². The molecule has 0 spiro atoms. The normalized spacial score (nSPS) is 13.0. The molecule has 0 saturated carbocycles. The predicted octanol–water partition coefficient (Wildman–Crippen LogP) is 11.9. The van der Waals surface area contributed by atoms with Crippen LogP contribution in [-0.4, -0.2) is 19.1 Å². The van der Waals surface area contributed by atoms with Crippen LogP contribution in [0.15, 0.2) is 152 Å². The van der Waals surface area contributed by atoms with Gasteiger partial charge in [0.05, 0.1) is 27.8 Å². The van der Waals surface area contributed by atoms with Crippen molar-refractivity contribution < 1.29 is 12.0 Å². The molecule has 276 valence electrons. The Morgan fingerprint density at radius 2 is 1.32 bits per heavy atom. The number of fused-ring (bicyclic) bond motifs is 4. The lowest BCUT2D eigenvalue weighted by Crippen LogP contribution is -2.30. The third-order valence-corrected chi connectivity index (χ3v) is 10.0. The standard InChI is InChI=1S/C50H45N5O/c1-49(2,3)32-34-22-24-52-48(26-34)55-43-17-11-10-16-41(43)42-21-20-39(30-46(42)55)56-40-23-25-51-47(31-40)54-33-53(44-18-12-13-19-45(44)54)38-28-36(35-14-8-7-9-15-35)27-37(29-38)50(4,5)6/h7-31H,32H2,1-6H3/i32D2. The first-order valence-corrected chi connectivity index (χ1v) is 19.1. The van der Waals surface area contributed by atoms with Gasteiger partial charge < -0.3 is 4.74 Å². The van der Waals surface area contributed by atoms with Gasteiger partial charge in [-0.05, 0) is 88.0 Å². The Bertz CT molecular complexity index is 2990. The average Bonchev–Trinajstić information content (AvgIpc) is 3.77. The van der Waals surface area contributed by atoms with Crippen molar-refractivity contribution in [1.82, 2.24) is 19.1 Å². The van der Waals surface area contributed by atoms with Crippen molar-refractivity contribution in [3.05, 3.63) is 169 Å². The fourth-order valence-electron chi connectivity index (χ4n) is 7.43. The summed E-state index contributed by atoms with van der Waals surface area (Å²) in [7, 11) is 0. The maximum Gasteiger partial charge on any atom is 0.271 e. The average molecular weight is 734 g/mol. The van der Waals surface area contributed by atoms with Crippen LogP contribution in [0, 0.1) is 11.7 Å². The van der Waals surface area contributed by atoms with E-state index >= 15 is 0 Å². The van der Waals surface area contributed by atoms with Gasteiger partial charge in [0.2, 0.25) is 0 Å². The van der Waals surface area contributed by atoms with Crippen molar-refractivity contribution >= 4 is 32.8 Å². The van der Waals surface area contributed by atoms with E-state index in [0.717, 1.165) is 49.7 Å². The second kappa shape index (κ2) is 13.6. The van der Waals surface area contributed by atoms with Gasteiger partial charge in [-0.25, -0.2) is 4.98 Å². The summed E-state index contributed by atoms with van der Waals surface area (Å²) in [5.41, 5.74) is 8.35. The van der Waals surface area contributed by atoms with Crippen LogP contribution in [0.1, 0.15) is 55.4 Å². The molecule has 0 bridgehead atoms. The quantitative estimate of drug-likeness (QED) is 0.121. The highest BCUT2D eigenvalue weighted by Gasteiger charge is 2.20. The van der Waals surface area contributed by atoms with Gasteiger partial charge in [-0.15, -0.1) is 0 Å². The molecule has 4 aromatic heterocycles. The number of ether oxygens (including phenoxy) is 1. The Hall–Kier alpha value is -6.53. The van der Waals surface area contributed by atoms with Crippen molar-refractivity contribution in [2.75, 3.05) is 0 Å². The molecule has 0 aliphatic rings. The van der Waals surface area contributed by atoms with Crippen molar-refractivity contribution in [3.8, 4) is 39.9 Å². The van der Waals surface area contributed by atoms with Crippen LogP contribution in [0.4, 0.5) is 0 Å². The van der Waals surface area contributed by atoms with E-state index in [1.807, 2.05) is 79.9 Å². The zero-order chi connectivity index (χ0) is 40.4. The second-order valence-corrected chi connectivity index (χ2v) is 16.4. The van der Waals surface area contributed by atoms with Crippen LogP contribution in [0.2, 0.25) is 0 Å². The molecule has 0 aliphatic heterocycles. The molecular formula is C50H45N5O. The summed E-state index contributed by atoms with van der Waals surface area (Å²) in [5, 5.41) is 2.13. The highest BCUT2D eigenvalue weighted by atomic mass is 16.5. The summed E-state index contributed by atoms with van der Waals surface area (Å²) in [4.78, 5) is 9.56. The molecule has 56 heavy (non-hydrogen) atoms. The molecule has 0 amide bonds. The largest absolute Gasteiger partial charge is 0.458 e. The van der Waals surface area contributed by atoms with Crippen LogP contribution >= 0.6 is 0 Å². The molecule has 0 radical (unpaired) electrons. The summed E-state index contributed by atoms with van der Waals surface area (Å²) in [6.45, 7) is 12.5. The van der Waals surface area contributed by atoms with Crippen LogP contribution < -0.4 is 9.30 Å². The van der Waals surface area contributed by atoms with E-state index in [2.05, 4.69) is 115 Å². The summed E-state index contributed by atoms with van der Waals surface area (Å²) in [5.74, 6) is 2.60. The van der Waals surface area contributed by atoms with E-state index in [1.165, 1.54) is 5.56 Å². The number of rotatable bonds is 7. The van der Waals surface area contributed by atoms with Gasteiger partial charge in [0.1, 0.15) is 17.3 Å². The lowest BCUT2D eigenvalue weighted by atomic mass is 9.85. The number of aromatic nitrogens is 5. The number of pyridine rings is 2. The minimum Gasteiger partial charge on any atom is -0.458 e. The highest BCUT2D eigenvalue weighted by Crippen LogP contribution is 2.36. The summed E-state index contributed by atoms with van der Waals surface area (Å²) in [6, 6.07) is 47.3. The maximum atomic E-state index is 8.97. The Balaban J connectivity index is 1.12. The third kappa shape index (κ3) is 6.72. The van der Waals surface area contributed by atoms with Gasteiger partial charge >= 0.3 is 0 Å². The van der Waals surface area contributed by atoms with Crippen LogP contribution in [0.3, 0.4) is 0 Å². The first kappa shape index (κ1) is 32.9. The molecule has 9 rings (SSSR count). The van der Waals surface area contributed by atoms with E-state index in [4.69, 9.17) is 17.4 Å². The molecule has 4 heterocycles. The third-order valence-electron chi connectivity index (χ3n) is 10.0. The Morgan fingerprint density at radius 3 is 2.12 bits per heavy atom. The molecular weight excluding hydrogens is 687 g/mol. The van der Waals surface area contributed by atoms with Gasteiger partial charge in [0.25, 0.3) is 6.33 Å². The van der Waals surface area contributed by atoms with Crippen LogP contribution in [0.5, 0.6) is 11.5 Å². The zero-order valence-corrected chi connectivity index (χ0v) is 32.6. The van der Waals surface area contributed by atoms with E-state index in [1.54, 1.807) is 18.5 Å². The number of benzene rings is 5. The van der Waals surface area contributed by atoms with Gasteiger partial charge in [-0.2, -0.15) is 0 Å². The summed E-state index contributed by atoms with van der Waals surface area (Å²) >= 11 is 0. The molecule has 6 nitrogen and oxygen atoms in total. The lowest BCUT2D eigenvalue weighted by Gasteiger charge is -2.22. The Labute approximate surface area is 331 Å². The minimum absolute atomic E-state index is 0.0638. The smallest absolute Gasteiger partial charge is 0.271 e. The van der Waals surface area contributed by atoms with Crippen LogP contribution in [0.25, 0.3) is 61.3 Å². The fourth-order valence-corrected chi connectivity index (χ4v) is 7.43. The SMILES string of the molecule is [2H]C([2H])(c1ccnc(-n2c3ccccc3c3ccc(Oc4ccnc(-n5[c-][n+](-c6cc(-c7ccccc7)cc(C(C)(C)C)c6)c6ccccc65)c4)cc32)c1)C(C)(C)C. The second-order valence-electron chi connectivity index (χ2n) is 16.4. The van der Waals surface area contributed by atoms with Crippen molar-refractivity contribution in [2.24, 2.45) is 5.41 Å². The van der Waals surface area contributed by atoms with Gasteiger partial charge in [-0.3, -0.25) is 18.7 Å². The molecule has 0 aliphatic carbocycles. The van der Waals surface area contributed by atoms with E-state index in [9.17, 15) is 0 Å². The molecule has 0 atom stereocenters. The number of hydrogen-bond acceptors (Lipinski definition) is 3. The first-order valence-electron chi connectivity index (χ1n) is 20.1. The molecule has 5 aromatic carbocycles. The Kier molecular flexibility index (Phi) is 8.01. The molecule has 9 aromatic rings. The molecule has 6 heteroatoms. The number of hydrogen-bond donors (Lipinski definition) is 0. The number of para-hydroxylation sites is 3. The van der Waals surface area contributed by atoms with Crippen molar-refractivity contribution in [3.63, 3.8) is 0 Å². The number of nitrogens with zero attached hydrogens (tertiary/aromatic N) is 5. The van der Waals surface area contributed by atoms with Gasteiger partial charge in [-0.1, -0.05) is 120 Å². The summed E-state index contributed by atoms with van der Waals surface area (Å²) in [6.07, 6.45) is 5.53. The van der Waals surface area contributed by atoms with Crippen molar-refractivity contribution in [1.29, 1.82) is 0 Å². The minimum atomic E-state index is -1.57.